The smallest absolute Gasteiger partial charge is 0.327 e. The maximum absolute atomic E-state index is 12.1. The molecule has 0 aromatic heterocycles. The third-order valence-corrected chi connectivity index (χ3v) is 6.97. The summed E-state index contributed by atoms with van der Waals surface area (Å²) in [5.74, 6) is -0.732. The van der Waals surface area contributed by atoms with Gasteiger partial charge in [0, 0.05) is 17.9 Å². The number of hydrogen-bond acceptors (Lipinski definition) is 5. The normalized spacial score (nSPS) is 18.5. The highest BCUT2D eigenvalue weighted by Crippen LogP contribution is 2.24. The molecule has 1 aliphatic rings. The lowest BCUT2D eigenvalue weighted by Gasteiger charge is -2.18. The summed E-state index contributed by atoms with van der Waals surface area (Å²) in [5.41, 5.74) is 0. The number of ether oxygens (including phenoxy) is 2. The van der Waals surface area contributed by atoms with E-state index in [1.165, 1.54) is 76.0 Å². The van der Waals surface area contributed by atoms with Crippen LogP contribution in [0.4, 0.5) is 0 Å². The fraction of sp³-hybridized carbons (Fsp3) is 0.920. The van der Waals surface area contributed by atoms with Gasteiger partial charge in [0.05, 0.1) is 12.7 Å². The molecule has 0 saturated carbocycles. The van der Waals surface area contributed by atoms with Crippen LogP contribution in [0.2, 0.25) is 0 Å². The van der Waals surface area contributed by atoms with Gasteiger partial charge in [-0.05, 0) is 20.3 Å². The van der Waals surface area contributed by atoms with Gasteiger partial charge in [-0.3, -0.25) is 4.79 Å². The Morgan fingerprint density at radius 2 is 1.50 bits per heavy atom. The summed E-state index contributed by atoms with van der Waals surface area (Å²) in [5, 5.41) is 12.1. The maximum atomic E-state index is 12.1. The van der Waals surface area contributed by atoms with Crippen molar-refractivity contribution in [2.45, 2.75) is 129 Å². The van der Waals surface area contributed by atoms with Gasteiger partial charge < -0.3 is 19.9 Å². The Labute approximate surface area is 200 Å². The van der Waals surface area contributed by atoms with Gasteiger partial charge in [0.1, 0.15) is 6.04 Å². The molecule has 0 bridgehead atoms. The van der Waals surface area contributed by atoms with E-state index in [9.17, 15) is 14.7 Å². The summed E-state index contributed by atoms with van der Waals surface area (Å²) in [7, 11) is 0. The predicted molar refractivity (Wildman–Crippen MR) is 132 cm³/mol. The van der Waals surface area contributed by atoms with E-state index in [1.54, 1.807) is 0 Å². The van der Waals surface area contributed by atoms with Gasteiger partial charge in [0.15, 0.2) is 5.79 Å². The van der Waals surface area contributed by atoms with Crippen molar-refractivity contribution in [3.63, 3.8) is 0 Å². The summed E-state index contributed by atoms with van der Waals surface area (Å²) >= 11 is 1.48. The molecule has 32 heavy (non-hydrogen) atoms. The third-order valence-electron chi connectivity index (χ3n) is 5.80. The molecular formula is C25H47NO5S. The summed E-state index contributed by atoms with van der Waals surface area (Å²) in [6, 6.07) is -0.857. The lowest BCUT2D eigenvalue weighted by atomic mass is 10.0. The zero-order chi connectivity index (χ0) is 23.7. The number of aliphatic carboxylic acids is 1. The van der Waals surface area contributed by atoms with Crippen LogP contribution < -0.4 is 5.32 Å². The molecule has 0 aromatic carbocycles. The summed E-state index contributed by atoms with van der Waals surface area (Å²) in [6.45, 7) is 6.51. The van der Waals surface area contributed by atoms with Crippen LogP contribution in [0.3, 0.4) is 0 Å². The van der Waals surface area contributed by atoms with E-state index in [1.807, 2.05) is 13.8 Å². The highest BCUT2D eigenvalue weighted by molar-refractivity contribution is 7.99. The second kappa shape index (κ2) is 17.7. The fourth-order valence-corrected chi connectivity index (χ4v) is 4.93. The molecule has 1 amide bonds. The molecule has 1 aliphatic heterocycles. The largest absolute Gasteiger partial charge is 0.480 e. The van der Waals surface area contributed by atoms with Crippen LogP contribution in [0.25, 0.3) is 0 Å². The molecule has 7 heteroatoms. The van der Waals surface area contributed by atoms with Crippen molar-refractivity contribution in [2.24, 2.45) is 0 Å². The molecular weight excluding hydrogens is 426 g/mol. The second-order valence-corrected chi connectivity index (χ2v) is 10.5. The van der Waals surface area contributed by atoms with E-state index in [0.717, 1.165) is 19.3 Å². The molecule has 0 spiro atoms. The monoisotopic (exact) mass is 473 g/mol. The third kappa shape index (κ3) is 15.1. The van der Waals surface area contributed by atoms with Gasteiger partial charge >= 0.3 is 5.97 Å². The molecule has 1 saturated heterocycles. The van der Waals surface area contributed by atoms with Crippen LogP contribution in [0.5, 0.6) is 0 Å². The van der Waals surface area contributed by atoms with Gasteiger partial charge in [-0.25, -0.2) is 4.79 Å². The fourth-order valence-electron chi connectivity index (χ4n) is 3.91. The van der Waals surface area contributed by atoms with Gasteiger partial charge in [-0.1, -0.05) is 84.0 Å². The Balaban J connectivity index is 1.99. The van der Waals surface area contributed by atoms with E-state index >= 15 is 0 Å². The number of thioether (sulfide) groups is 1. The Bertz CT molecular complexity index is 515. The maximum Gasteiger partial charge on any atom is 0.327 e. The van der Waals surface area contributed by atoms with Crippen LogP contribution in [0.1, 0.15) is 111 Å². The number of hydrogen-bond donors (Lipinski definition) is 2. The number of nitrogens with one attached hydrogen (secondary N) is 1. The van der Waals surface area contributed by atoms with E-state index in [-0.39, 0.29) is 12.0 Å². The average Bonchev–Trinajstić information content (AvgIpc) is 3.09. The summed E-state index contributed by atoms with van der Waals surface area (Å²) in [4.78, 5) is 23.6. The molecule has 2 unspecified atom stereocenters. The van der Waals surface area contributed by atoms with Crippen molar-refractivity contribution in [1.82, 2.24) is 5.32 Å². The first kappa shape index (κ1) is 29.2. The first-order chi connectivity index (χ1) is 15.3. The number of amides is 1. The van der Waals surface area contributed by atoms with Crippen molar-refractivity contribution in [3.05, 3.63) is 0 Å². The lowest BCUT2D eigenvalue weighted by molar-refractivity contribution is -0.141. The molecule has 1 heterocycles. The highest BCUT2D eigenvalue weighted by atomic mass is 32.2. The minimum absolute atomic E-state index is 0.0362. The van der Waals surface area contributed by atoms with Gasteiger partial charge in [-0.2, -0.15) is 11.8 Å². The Morgan fingerprint density at radius 3 is 1.97 bits per heavy atom. The molecule has 1 fully saturated rings. The zero-order valence-electron chi connectivity index (χ0n) is 20.7. The SMILES string of the molecule is CCCCCCCCCCCCCCCC(=O)NC(CSCC1COC(C)(C)O1)C(=O)O. The van der Waals surface area contributed by atoms with E-state index in [0.29, 0.717) is 24.5 Å². The minimum atomic E-state index is -0.986. The van der Waals surface area contributed by atoms with Gasteiger partial charge in [-0.15, -0.1) is 0 Å². The van der Waals surface area contributed by atoms with Gasteiger partial charge in [0.2, 0.25) is 5.91 Å². The molecule has 0 radical (unpaired) electrons. The number of carboxylic acids is 1. The Morgan fingerprint density at radius 1 is 0.969 bits per heavy atom. The van der Waals surface area contributed by atoms with E-state index in [4.69, 9.17) is 9.47 Å². The number of carboxylic acid groups (broad SMARTS) is 1. The first-order valence-electron chi connectivity index (χ1n) is 12.8. The standard InChI is InChI=1S/C25H47NO5S/c1-4-5-6-7-8-9-10-11-12-13-14-15-16-17-23(27)26-22(24(28)29)20-32-19-21-18-30-25(2,3)31-21/h21-22H,4-20H2,1-3H3,(H,26,27)(H,28,29). The molecule has 1 rings (SSSR count). The highest BCUT2D eigenvalue weighted by Gasteiger charge is 2.32. The number of carbonyl (C=O) groups is 2. The minimum Gasteiger partial charge on any atom is -0.480 e. The quantitative estimate of drug-likeness (QED) is 0.213. The van der Waals surface area contributed by atoms with Crippen LogP contribution >= 0.6 is 11.8 Å². The Kier molecular flexibility index (Phi) is 16.1. The molecule has 188 valence electrons. The van der Waals surface area contributed by atoms with E-state index in [2.05, 4.69) is 12.2 Å². The van der Waals surface area contributed by atoms with Crippen molar-refractivity contribution < 1.29 is 24.2 Å². The molecule has 2 atom stereocenters. The topological polar surface area (TPSA) is 84.9 Å². The van der Waals surface area contributed by atoms with Crippen LogP contribution in [0.15, 0.2) is 0 Å². The van der Waals surface area contributed by atoms with Crippen molar-refractivity contribution in [1.29, 1.82) is 0 Å². The Hall–Kier alpha value is -0.790. The number of unbranched alkanes of at least 4 members (excludes halogenated alkanes) is 12. The lowest BCUT2D eigenvalue weighted by Crippen LogP contribution is -2.42. The molecule has 0 aliphatic carbocycles. The van der Waals surface area contributed by atoms with Crippen LogP contribution in [0, 0.1) is 0 Å². The number of rotatable bonds is 20. The van der Waals surface area contributed by atoms with Crippen LogP contribution in [-0.2, 0) is 19.1 Å². The van der Waals surface area contributed by atoms with Crippen molar-refractivity contribution >= 4 is 23.6 Å². The molecule has 6 nitrogen and oxygen atoms in total. The van der Waals surface area contributed by atoms with Crippen molar-refractivity contribution in [2.75, 3.05) is 18.1 Å². The zero-order valence-corrected chi connectivity index (χ0v) is 21.5. The average molecular weight is 474 g/mol. The van der Waals surface area contributed by atoms with E-state index < -0.39 is 17.8 Å². The van der Waals surface area contributed by atoms with Gasteiger partial charge in [0.25, 0.3) is 0 Å². The number of carbonyl (C=O) groups excluding carboxylic acids is 1. The van der Waals surface area contributed by atoms with Crippen LogP contribution in [-0.4, -0.2) is 53.0 Å². The summed E-state index contributed by atoms with van der Waals surface area (Å²) < 4.78 is 11.2. The molecule has 2 N–H and O–H groups in total. The predicted octanol–water partition coefficient (Wildman–Crippen LogP) is 5.92. The summed E-state index contributed by atoms with van der Waals surface area (Å²) in [6.07, 6.45) is 16.8. The molecule has 0 aromatic rings. The van der Waals surface area contributed by atoms with Crippen molar-refractivity contribution in [3.8, 4) is 0 Å². The second-order valence-electron chi connectivity index (χ2n) is 9.44. The first-order valence-corrected chi connectivity index (χ1v) is 13.9.